The van der Waals surface area contributed by atoms with Gasteiger partial charge in [0.15, 0.2) is 0 Å². The summed E-state index contributed by atoms with van der Waals surface area (Å²) in [7, 11) is 1.78. The van der Waals surface area contributed by atoms with Gasteiger partial charge < -0.3 is 14.2 Å². The van der Waals surface area contributed by atoms with Crippen LogP contribution in [0.4, 0.5) is 0 Å². The highest BCUT2D eigenvalue weighted by atomic mass is 35.5. The Morgan fingerprint density at radius 3 is 3.04 bits per heavy atom. The Morgan fingerprint density at radius 1 is 1.54 bits per heavy atom. The van der Waals surface area contributed by atoms with Gasteiger partial charge in [-0.1, -0.05) is 5.16 Å². The molecule has 1 aliphatic rings. The third-order valence-electron chi connectivity index (χ3n) is 4.40. The van der Waals surface area contributed by atoms with Gasteiger partial charge in [0.2, 0.25) is 11.1 Å². The summed E-state index contributed by atoms with van der Waals surface area (Å²) in [5.41, 5.74) is 1.51. The molecule has 1 aliphatic heterocycles. The molecule has 2 aromatic rings. The fourth-order valence-corrected chi connectivity index (χ4v) is 3.24. The molecule has 0 unspecified atom stereocenters. The van der Waals surface area contributed by atoms with E-state index in [0.29, 0.717) is 26.0 Å². The first-order valence-corrected chi connectivity index (χ1v) is 8.25. The summed E-state index contributed by atoms with van der Waals surface area (Å²) in [6, 6.07) is 0. The van der Waals surface area contributed by atoms with Crippen molar-refractivity contribution in [3.63, 3.8) is 0 Å². The Kier molecular flexibility index (Phi) is 5.15. The highest BCUT2D eigenvalue weighted by molar-refractivity contribution is 6.29. The van der Waals surface area contributed by atoms with E-state index in [0.717, 1.165) is 23.5 Å². The van der Waals surface area contributed by atoms with Crippen LogP contribution in [0.15, 0.2) is 10.9 Å². The van der Waals surface area contributed by atoms with Gasteiger partial charge in [0.05, 0.1) is 11.8 Å². The van der Waals surface area contributed by atoms with Crippen molar-refractivity contribution in [3.05, 3.63) is 28.6 Å². The number of aromatic nitrogens is 4. The Bertz CT molecular complexity index is 668. The Hall–Kier alpha value is -1.93. The van der Waals surface area contributed by atoms with Gasteiger partial charge in [-0.15, -0.1) is 0 Å². The largest absolute Gasteiger partial charge is 0.376 e. The van der Waals surface area contributed by atoms with Gasteiger partial charge in [0.25, 0.3) is 0 Å². The molecule has 0 radical (unpaired) electrons. The van der Waals surface area contributed by atoms with Crippen LogP contribution in [0.3, 0.4) is 0 Å². The molecule has 1 amide bonds. The fraction of sp³-hybridized carbons (Fsp3) is 0.600. The number of amides is 1. The van der Waals surface area contributed by atoms with Gasteiger partial charge in [0, 0.05) is 38.1 Å². The number of carbonyl (C=O) groups is 1. The second-order valence-electron chi connectivity index (χ2n) is 5.97. The second-order valence-corrected chi connectivity index (χ2v) is 6.31. The minimum absolute atomic E-state index is 0.0264. The van der Waals surface area contributed by atoms with Gasteiger partial charge in [-0.3, -0.25) is 9.89 Å². The smallest absolute Gasteiger partial charge is 0.229 e. The number of carbonyl (C=O) groups excluding carboxylic acids is 1. The Balaban J connectivity index is 1.54. The standard InChI is InChI=1S/C15H20ClN5O3/c1-9-10(14(16)24-20-9)3-4-13(22)21(2)7-12-11(5-6-23-12)15-17-8-18-19-15/h8,11-12H,3-7H2,1-2H3,(H,17,18,19)/t11-,12-/m1/s1. The molecule has 0 spiro atoms. The Morgan fingerprint density at radius 2 is 2.38 bits per heavy atom. The molecular formula is C15H20ClN5O3. The van der Waals surface area contributed by atoms with E-state index < -0.39 is 0 Å². The average molecular weight is 354 g/mol. The number of nitrogens with one attached hydrogen (secondary N) is 1. The monoisotopic (exact) mass is 353 g/mol. The summed E-state index contributed by atoms with van der Waals surface area (Å²) in [6.07, 6.45) is 3.14. The molecule has 0 saturated carbocycles. The zero-order valence-corrected chi connectivity index (χ0v) is 14.4. The summed E-state index contributed by atoms with van der Waals surface area (Å²) in [5, 5.41) is 10.8. The average Bonchev–Trinajstić information content (AvgIpc) is 3.28. The van der Waals surface area contributed by atoms with Crippen molar-refractivity contribution in [3.8, 4) is 0 Å². The van der Waals surface area contributed by atoms with E-state index >= 15 is 0 Å². The zero-order chi connectivity index (χ0) is 17.1. The minimum Gasteiger partial charge on any atom is -0.376 e. The summed E-state index contributed by atoms with van der Waals surface area (Å²) >= 11 is 5.93. The van der Waals surface area contributed by atoms with Crippen LogP contribution in [-0.2, 0) is 16.0 Å². The highest BCUT2D eigenvalue weighted by Gasteiger charge is 2.33. The van der Waals surface area contributed by atoms with Gasteiger partial charge in [0.1, 0.15) is 12.2 Å². The number of ether oxygens (including phenoxy) is 1. The van der Waals surface area contributed by atoms with E-state index in [2.05, 4.69) is 20.3 Å². The lowest BCUT2D eigenvalue weighted by molar-refractivity contribution is -0.131. The molecule has 8 nitrogen and oxygen atoms in total. The van der Waals surface area contributed by atoms with Crippen molar-refractivity contribution >= 4 is 17.5 Å². The van der Waals surface area contributed by atoms with Crippen molar-refractivity contribution in [1.82, 2.24) is 25.2 Å². The maximum Gasteiger partial charge on any atom is 0.229 e. The maximum atomic E-state index is 12.4. The normalized spacial score (nSPS) is 20.5. The number of hydrogen-bond acceptors (Lipinski definition) is 6. The van der Waals surface area contributed by atoms with E-state index in [4.69, 9.17) is 20.9 Å². The van der Waals surface area contributed by atoms with E-state index in [1.807, 2.05) is 6.92 Å². The van der Waals surface area contributed by atoms with Gasteiger partial charge >= 0.3 is 0 Å². The Labute approximate surface area is 144 Å². The third-order valence-corrected chi connectivity index (χ3v) is 4.70. The van der Waals surface area contributed by atoms with Crippen LogP contribution in [0.2, 0.25) is 5.22 Å². The lowest BCUT2D eigenvalue weighted by Gasteiger charge is -2.24. The van der Waals surface area contributed by atoms with Crippen LogP contribution in [-0.4, -0.2) is 57.4 Å². The van der Waals surface area contributed by atoms with Gasteiger partial charge in [-0.25, -0.2) is 4.98 Å². The molecule has 0 bridgehead atoms. The van der Waals surface area contributed by atoms with Gasteiger partial charge in [-0.2, -0.15) is 5.10 Å². The number of aryl methyl sites for hydroxylation is 1. The summed E-state index contributed by atoms with van der Waals surface area (Å²) < 4.78 is 10.7. The van der Waals surface area contributed by atoms with Crippen LogP contribution in [0, 0.1) is 6.92 Å². The molecule has 3 heterocycles. The van der Waals surface area contributed by atoms with Crippen molar-refractivity contribution in [1.29, 1.82) is 0 Å². The zero-order valence-electron chi connectivity index (χ0n) is 13.7. The predicted molar refractivity (Wildman–Crippen MR) is 85.7 cm³/mol. The molecule has 2 atom stereocenters. The number of halogens is 1. The van der Waals surface area contributed by atoms with Crippen LogP contribution < -0.4 is 0 Å². The molecule has 1 fully saturated rings. The number of nitrogens with zero attached hydrogens (tertiary/aromatic N) is 4. The molecule has 130 valence electrons. The highest BCUT2D eigenvalue weighted by Crippen LogP contribution is 2.29. The van der Waals surface area contributed by atoms with E-state index in [1.54, 1.807) is 11.9 Å². The van der Waals surface area contributed by atoms with Crippen LogP contribution in [0.5, 0.6) is 0 Å². The first-order chi connectivity index (χ1) is 11.6. The van der Waals surface area contributed by atoms with E-state index in [9.17, 15) is 4.79 Å². The lowest BCUT2D eigenvalue weighted by atomic mass is 10.0. The first-order valence-electron chi connectivity index (χ1n) is 7.87. The number of likely N-dealkylation sites (N-methyl/N-ethyl adjacent to an activating group) is 1. The molecule has 0 aromatic carbocycles. The van der Waals surface area contributed by atoms with E-state index in [-0.39, 0.29) is 23.1 Å². The van der Waals surface area contributed by atoms with Crippen molar-refractivity contribution in [2.45, 2.75) is 38.2 Å². The SMILES string of the molecule is Cc1noc(Cl)c1CCC(=O)N(C)C[C@H]1OCC[C@H]1c1ncn[nH]1. The van der Waals surface area contributed by atoms with Crippen LogP contribution in [0.1, 0.15) is 35.8 Å². The minimum atomic E-state index is -0.0761. The van der Waals surface area contributed by atoms with Crippen LogP contribution in [0.25, 0.3) is 0 Å². The molecule has 9 heteroatoms. The summed E-state index contributed by atoms with van der Waals surface area (Å²) in [4.78, 5) is 18.3. The molecule has 1 N–H and O–H groups in total. The predicted octanol–water partition coefficient (Wildman–Crippen LogP) is 1.72. The molecule has 24 heavy (non-hydrogen) atoms. The lowest BCUT2D eigenvalue weighted by Crippen LogP contribution is -2.36. The number of aromatic amines is 1. The summed E-state index contributed by atoms with van der Waals surface area (Å²) in [5.74, 6) is 0.973. The topological polar surface area (TPSA) is 97.1 Å². The van der Waals surface area contributed by atoms with Crippen molar-refractivity contribution in [2.24, 2.45) is 0 Å². The number of hydrogen-bond donors (Lipinski definition) is 1. The summed E-state index contributed by atoms with van der Waals surface area (Å²) in [6.45, 7) is 2.99. The molecule has 0 aliphatic carbocycles. The number of H-pyrrole nitrogens is 1. The number of rotatable bonds is 6. The second kappa shape index (κ2) is 7.31. The molecule has 1 saturated heterocycles. The van der Waals surface area contributed by atoms with E-state index in [1.165, 1.54) is 6.33 Å². The molecule has 2 aromatic heterocycles. The van der Waals surface area contributed by atoms with Gasteiger partial charge in [-0.05, 0) is 31.4 Å². The first kappa shape index (κ1) is 16.9. The molecular weight excluding hydrogens is 334 g/mol. The maximum absolute atomic E-state index is 12.4. The fourth-order valence-electron chi connectivity index (χ4n) is 2.97. The molecule has 3 rings (SSSR count). The van der Waals surface area contributed by atoms with Crippen molar-refractivity contribution < 1.29 is 14.1 Å². The van der Waals surface area contributed by atoms with Crippen LogP contribution >= 0.6 is 11.6 Å². The van der Waals surface area contributed by atoms with Crippen molar-refractivity contribution in [2.75, 3.05) is 20.2 Å². The quantitative estimate of drug-likeness (QED) is 0.849. The third kappa shape index (κ3) is 3.59.